The second kappa shape index (κ2) is 6.90. The molecule has 2 heterocycles. The highest BCUT2D eigenvalue weighted by molar-refractivity contribution is 5.72. The lowest BCUT2D eigenvalue weighted by atomic mass is 10.1. The van der Waals surface area contributed by atoms with E-state index in [0.29, 0.717) is 35.7 Å². The summed E-state index contributed by atoms with van der Waals surface area (Å²) >= 11 is 0. The van der Waals surface area contributed by atoms with Gasteiger partial charge < -0.3 is 4.57 Å². The van der Waals surface area contributed by atoms with Crippen molar-refractivity contribution in [1.29, 1.82) is 0 Å². The van der Waals surface area contributed by atoms with Gasteiger partial charge in [0.15, 0.2) is 11.2 Å². The maximum Gasteiger partial charge on any atom is 0.337 e. The van der Waals surface area contributed by atoms with Crippen LogP contribution < -0.4 is 11.2 Å². The fraction of sp³-hybridized carbons (Fsp3) is 0.421. The van der Waals surface area contributed by atoms with E-state index in [0.717, 1.165) is 0 Å². The lowest BCUT2D eigenvalue weighted by Gasteiger charge is -2.14. The van der Waals surface area contributed by atoms with E-state index < -0.39 is 5.69 Å². The van der Waals surface area contributed by atoms with Crippen LogP contribution in [0.5, 0.6) is 0 Å². The van der Waals surface area contributed by atoms with E-state index in [1.807, 2.05) is 27.7 Å². The first-order chi connectivity index (χ1) is 12.3. The van der Waals surface area contributed by atoms with Gasteiger partial charge >= 0.3 is 5.69 Å². The first-order valence-electron chi connectivity index (χ1n) is 8.79. The van der Waals surface area contributed by atoms with Gasteiger partial charge in [0.25, 0.3) is 5.56 Å². The van der Waals surface area contributed by atoms with Gasteiger partial charge in [0.05, 0.1) is 12.0 Å². The van der Waals surface area contributed by atoms with E-state index in [4.69, 9.17) is 0 Å². The average Bonchev–Trinajstić information content (AvgIpc) is 3.01. The molecule has 0 spiro atoms. The summed E-state index contributed by atoms with van der Waals surface area (Å²) < 4.78 is 17.7. The highest BCUT2D eigenvalue weighted by Gasteiger charge is 2.20. The molecule has 0 radical (unpaired) electrons. The minimum Gasteiger partial charge on any atom is -0.322 e. The summed E-state index contributed by atoms with van der Waals surface area (Å²) in [7, 11) is 0. The van der Waals surface area contributed by atoms with Crippen LogP contribution >= 0.6 is 0 Å². The van der Waals surface area contributed by atoms with E-state index in [9.17, 15) is 14.0 Å². The second-order valence-corrected chi connectivity index (χ2v) is 7.15. The van der Waals surface area contributed by atoms with Crippen LogP contribution in [0.2, 0.25) is 0 Å². The third-order valence-electron chi connectivity index (χ3n) is 4.43. The lowest BCUT2D eigenvalue weighted by Crippen LogP contribution is -2.40. The molecule has 0 saturated heterocycles. The number of benzene rings is 1. The van der Waals surface area contributed by atoms with E-state index in [-0.39, 0.29) is 17.4 Å². The topological polar surface area (TPSA) is 61.8 Å². The zero-order valence-corrected chi connectivity index (χ0v) is 15.4. The molecule has 138 valence electrons. The minimum atomic E-state index is -0.455. The van der Waals surface area contributed by atoms with Gasteiger partial charge in [-0.25, -0.2) is 18.7 Å². The Balaban J connectivity index is 2.37. The molecule has 2 aromatic heterocycles. The van der Waals surface area contributed by atoms with Crippen LogP contribution in [0.4, 0.5) is 4.39 Å². The Hall–Kier alpha value is -2.70. The van der Waals surface area contributed by atoms with Gasteiger partial charge in [-0.2, -0.15) is 0 Å². The maximum atomic E-state index is 13.3. The van der Waals surface area contributed by atoms with Crippen LogP contribution in [0.3, 0.4) is 0 Å². The Labute approximate surface area is 150 Å². The van der Waals surface area contributed by atoms with Gasteiger partial charge in [0.2, 0.25) is 0 Å². The van der Waals surface area contributed by atoms with Crippen LogP contribution in [-0.4, -0.2) is 18.7 Å². The molecule has 0 unspecified atom stereocenters. The van der Waals surface area contributed by atoms with Crippen molar-refractivity contribution in [2.75, 3.05) is 0 Å². The predicted octanol–water partition coefficient (Wildman–Crippen LogP) is 3.12. The van der Waals surface area contributed by atoms with Crippen LogP contribution in [0.1, 0.15) is 40.2 Å². The Morgan fingerprint density at radius 3 is 2.31 bits per heavy atom. The van der Waals surface area contributed by atoms with E-state index >= 15 is 0 Å². The fourth-order valence-electron chi connectivity index (χ4n) is 2.95. The molecule has 0 amide bonds. The van der Waals surface area contributed by atoms with Crippen molar-refractivity contribution in [2.24, 2.45) is 5.92 Å². The van der Waals surface area contributed by atoms with Gasteiger partial charge in [-0.15, -0.1) is 0 Å². The third kappa shape index (κ3) is 3.09. The van der Waals surface area contributed by atoms with Crippen LogP contribution in [0.25, 0.3) is 16.9 Å². The van der Waals surface area contributed by atoms with Crippen molar-refractivity contribution in [3.63, 3.8) is 0 Å². The van der Waals surface area contributed by atoms with E-state index in [2.05, 4.69) is 4.98 Å². The molecule has 3 rings (SSSR count). The Morgan fingerprint density at radius 1 is 1.08 bits per heavy atom. The Kier molecular flexibility index (Phi) is 4.80. The summed E-state index contributed by atoms with van der Waals surface area (Å²) in [6, 6.07) is 5.63. The molecule has 3 aromatic rings. The van der Waals surface area contributed by atoms with Crippen molar-refractivity contribution in [2.45, 2.75) is 46.7 Å². The van der Waals surface area contributed by atoms with Gasteiger partial charge in [0.1, 0.15) is 5.82 Å². The number of aromatic nitrogens is 4. The smallest absolute Gasteiger partial charge is 0.322 e. The highest BCUT2D eigenvalue weighted by Crippen LogP contribution is 2.17. The Bertz CT molecular complexity index is 1040. The predicted molar refractivity (Wildman–Crippen MR) is 99.4 cm³/mol. The van der Waals surface area contributed by atoms with Crippen molar-refractivity contribution in [1.82, 2.24) is 18.7 Å². The van der Waals surface area contributed by atoms with E-state index in [1.165, 1.54) is 33.4 Å². The molecular formula is C19H23FN4O2. The molecule has 1 aromatic carbocycles. The molecule has 0 bridgehead atoms. The van der Waals surface area contributed by atoms with Crippen LogP contribution in [-0.2, 0) is 6.54 Å². The molecular weight excluding hydrogens is 335 g/mol. The van der Waals surface area contributed by atoms with Crippen molar-refractivity contribution in [3.8, 4) is 5.69 Å². The van der Waals surface area contributed by atoms with Crippen LogP contribution in [0, 0.1) is 11.7 Å². The normalized spacial score (nSPS) is 11.8. The van der Waals surface area contributed by atoms with Gasteiger partial charge in [-0.05, 0) is 50.5 Å². The molecule has 7 heteroatoms. The molecule has 0 fully saturated rings. The average molecular weight is 358 g/mol. The molecule has 26 heavy (non-hydrogen) atoms. The van der Waals surface area contributed by atoms with Crippen molar-refractivity contribution in [3.05, 3.63) is 57.2 Å². The first kappa shape index (κ1) is 18.1. The summed E-state index contributed by atoms with van der Waals surface area (Å²) in [5.41, 5.74) is 0.362. The lowest BCUT2D eigenvalue weighted by molar-refractivity contribution is 0.490. The van der Waals surface area contributed by atoms with E-state index in [1.54, 1.807) is 10.9 Å². The summed E-state index contributed by atoms with van der Waals surface area (Å²) in [5, 5.41) is 0. The molecule has 0 aliphatic rings. The second-order valence-electron chi connectivity index (χ2n) is 7.15. The number of halogens is 1. The molecule has 6 nitrogen and oxygen atoms in total. The number of nitrogens with zero attached hydrogens (tertiary/aromatic N) is 4. The van der Waals surface area contributed by atoms with Gasteiger partial charge in [-0.3, -0.25) is 9.36 Å². The van der Waals surface area contributed by atoms with Crippen LogP contribution in [0.15, 0.2) is 40.2 Å². The number of rotatable bonds is 5. The van der Waals surface area contributed by atoms with Crippen molar-refractivity contribution >= 4 is 11.2 Å². The fourth-order valence-corrected chi connectivity index (χ4v) is 2.95. The molecule has 0 saturated carbocycles. The third-order valence-corrected chi connectivity index (χ3v) is 4.43. The van der Waals surface area contributed by atoms with Crippen molar-refractivity contribution < 1.29 is 4.39 Å². The summed E-state index contributed by atoms with van der Waals surface area (Å²) in [4.78, 5) is 30.4. The quantitative estimate of drug-likeness (QED) is 0.704. The monoisotopic (exact) mass is 358 g/mol. The Morgan fingerprint density at radius 2 is 1.73 bits per heavy atom. The number of hydrogen-bond acceptors (Lipinski definition) is 3. The standard InChI is InChI=1S/C19H23FN4O2/c1-12(2)9-10-22-18(25)16-17(21-11-23(16)13(3)4)24(19(22)26)15-7-5-14(20)6-8-15/h5-8,11-13H,9-10H2,1-4H3. The maximum absolute atomic E-state index is 13.3. The van der Waals surface area contributed by atoms with Gasteiger partial charge in [0, 0.05) is 12.6 Å². The minimum absolute atomic E-state index is 0.0189. The molecule has 0 atom stereocenters. The number of fused-ring (bicyclic) bond motifs is 1. The van der Waals surface area contributed by atoms with Gasteiger partial charge in [-0.1, -0.05) is 13.8 Å². The molecule has 0 N–H and O–H groups in total. The highest BCUT2D eigenvalue weighted by atomic mass is 19.1. The molecule has 0 aliphatic carbocycles. The SMILES string of the molecule is CC(C)CCn1c(=O)c2c(ncn2C(C)C)n(-c2ccc(F)cc2)c1=O. The summed E-state index contributed by atoms with van der Waals surface area (Å²) in [6.07, 6.45) is 2.28. The zero-order valence-electron chi connectivity index (χ0n) is 15.4. The largest absolute Gasteiger partial charge is 0.337 e. The first-order valence-corrected chi connectivity index (χ1v) is 8.79. The zero-order chi connectivity index (χ0) is 19.0. The summed E-state index contributed by atoms with van der Waals surface area (Å²) in [6.45, 7) is 8.31. The number of hydrogen-bond donors (Lipinski definition) is 0. The summed E-state index contributed by atoms with van der Waals surface area (Å²) in [5.74, 6) is -0.0369. The molecule has 0 aliphatic heterocycles. The number of imidazole rings is 1.